The van der Waals surface area contributed by atoms with Crippen molar-refractivity contribution in [1.82, 2.24) is 19.7 Å². The standard InChI is InChI=1S/C9H18N4O2/c1-12(2)3-5-15-6-4-13-8-10-11-9(13)7-14/h8,14H,3-7H2,1-2H3. The van der Waals surface area contributed by atoms with Crippen molar-refractivity contribution in [1.29, 1.82) is 0 Å². The molecule has 0 aromatic carbocycles. The molecule has 0 spiro atoms. The summed E-state index contributed by atoms with van der Waals surface area (Å²) in [6.45, 7) is 2.82. The number of nitrogens with zero attached hydrogens (tertiary/aromatic N) is 4. The molecule has 0 atom stereocenters. The molecule has 0 aliphatic rings. The van der Waals surface area contributed by atoms with Gasteiger partial charge in [-0.05, 0) is 14.1 Å². The van der Waals surface area contributed by atoms with Crippen LogP contribution in [0.2, 0.25) is 0 Å². The van der Waals surface area contributed by atoms with E-state index in [1.54, 1.807) is 10.9 Å². The number of likely N-dealkylation sites (N-methyl/N-ethyl adjacent to an activating group) is 1. The highest BCUT2D eigenvalue weighted by molar-refractivity contribution is 4.81. The molecule has 0 radical (unpaired) electrons. The molecule has 1 aromatic rings. The van der Waals surface area contributed by atoms with Crippen molar-refractivity contribution in [2.45, 2.75) is 13.2 Å². The molecular formula is C9H18N4O2. The van der Waals surface area contributed by atoms with Gasteiger partial charge in [-0.15, -0.1) is 10.2 Å². The largest absolute Gasteiger partial charge is 0.388 e. The monoisotopic (exact) mass is 214 g/mol. The first kappa shape index (κ1) is 12.1. The van der Waals surface area contributed by atoms with Gasteiger partial charge in [0, 0.05) is 13.1 Å². The van der Waals surface area contributed by atoms with Gasteiger partial charge in [0.25, 0.3) is 0 Å². The number of aliphatic hydroxyl groups excluding tert-OH is 1. The highest BCUT2D eigenvalue weighted by atomic mass is 16.5. The van der Waals surface area contributed by atoms with E-state index in [4.69, 9.17) is 9.84 Å². The molecule has 0 unspecified atom stereocenters. The van der Waals surface area contributed by atoms with Crippen LogP contribution >= 0.6 is 0 Å². The third-order valence-corrected chi connectivity index (χ3v) is 2.00. The third kappa shape index (κ3) is 4.37. The number of hydrogen-bond acceptors (Lipinski definition) is 5. The quantitative estimate of drug-likeness (QED) is 0.611. The molecule has 1 aromatic heterocycles. The van der Waals surface area contributed by atoms with Crippen molar-refractivity contribution < 1.29 is 9.84 Å². The molecule has 0 amide bonds. The van der Waals surface area contributed by atoms with Crippen molar-refractivity contribution in [3.63, 3.8) is 0 Å². The second kappa shape index (κ2) is 6.49. The fourth-order valence-corrected chi connectivity index (χ4v) is 1.10. The SMILES string of the molecule is CN(C)CCOCCn1cnnc1CO. The van der Waals surface area contributed by atoms with Crippen LogP contribution in [0.15, 0.2) is 6.33 Å². The molecule has 1 heterocycles. The van der Waals surface area contributed by atoms with Gasteiger partial charge in [-0.3, -0.25) is 0 Å². The van der Waals surface area contributed by atoms with Crippen molar-refractivity contribution in [3.8, 4) is 0 Å². The molecule has 0 aliphatic heterocycles. The fraction of sp³-hybridized carbons (Fsp3) is 0.778. The fourth-order valence-electron chi connectivity index (χ4n) is 1.10. The summed E-state index contributed by atoms with van der Waals surface area (Å²) >= 11 is 0. The van der Waals surface area contributed by atoms with Crippen LogP contribution in [0.1, 0.15) is 5.82 Å². The average Bonchev–Trinajstić information content (AvgIpc) is 2.64. The molecule has 0 saturated carbocycles. The molecule has 86 valence electrons. The van der Waals surface area contributed by atoms with E-state index >= 15 is 0 Å². The molecular weight excluding hydrogens is 196 g/mol. The topological polar surface area (TPSA) is 63.4 Å². The van der Waals surface area contributed by atoms with Gasteiger partial charge in [-0.1, -0.05) is 0 Å². The molecule has 0 aliphatic carbocycles. The van der Waals surface area contributed by atoms with Crippen LogP contribution in [-0.2, 0) is 17.9 Å². The van der Waals surface area contributed by atoms with Crippen molar-refractivity contribution in [3.05, 3.63) is 12.2 Å². The first-order valence-corrected chi connectivity index (χ1v) is 4.94. The van der Waals surface area contributed by atoms with Crippen LogP contribution in [0.4, 0.5) is 0 Å². The molecule has 0 bridgehead atoms. The molecule has 6 nitrogen and oxygen atoms in total. The first-order valence-electron chi connectivity index (χ1n) is 4.94. The Labute approximate surface area is 89.5 Å². The molecule has 1 rings (SSSR count). The number of aromatic nitrogens is 3. The molecule has 0 saturated heterocycles. The normalized spacial score (nSPS) is 11.2. The third-order valence-electron chi connectivity index (χ3n) is 2.00. The number of hydrogen-bond donors (Lipinski definition) is 1. The maximum atomic E-state index is 8.91. The van der Waals surface area contributed by atoms with Gasteiger partial charge >= 0.3 is 0 Å². The summed E-state index contributed by atoms with van der Waals surface area (Å²) < 4.78 is 7.20. The summed E-state index contributed by atoms with van der Waals surface area (Å²) in [5.41, 5.74) is 0. The van der Waals surface area contributed by atoms with Gasteiger partial charge in [0.1, 0.15) is 12.9 Å². The Balaban J connectivity index is 2.15. The summed E-state index contributed by atoms with van der Waals surface area (Å²) in [6.07, 6.45) is 1.60. The lowest BCUT2D eigenvalue weighted by molar-refractivity contribution is 0.109. The Kier molecular flexibility index (Phi) is 5.23. The number of aliphatic hydroxyl groups is 1. The zero-order valence-corrected chi connectivity index (χ0v) is 9.26. The summed E-state index contributed by atoms with van der Waals surface area (Å²) in [6, 6.07) is 0. The smallest absolute Gasteiger partial charge is 0.158 e. The van der Waals surface area contributed by atoms with Crippen LogP contribution in [0.3, 0.4) is 0 Å². The summed E-state index contributed by atoms with van der Waals surface area (Å²) in [4.78, 5) is 2.07. The van der Waals surface area contributed by atoms with Gasteiger partial charge < -0.3 is 19.3 Å². The van der Waals surface area contributed by atoms with Crippen LogP contribution in [0.25, 0.3) is 0 Å². The van der Waals surface area contributed by atoms with Gasteiger partial charge in [0.05, 0.1) is 13.2 Å². The zero-order chi connectivity index (χ0) is 11.1. The number of ether oxygens (including phenoxy) is 1. The van der Waals surface area contributed by atoms with Crippen LogP contribution < -0.4 is 0 Å². The number of rotatable bonds is 7. The van der Waals surface area contributed by atoms with E-state index in [2.05, 4.69) is 15.1 Å². The molecule has 6 heteroatoms. The molecule has 1 N–H and O–H groups in total. The van der Waals surface area contributed by atoms with E-state index in [-0.39, 0.29) is 6.61 Å². The first-order chi connectivity index (χ1) is 7.24. The highest BCUT2D eigenvalue weighted by Gasteiger charge is 2.01. The summed E-state index contributed by atoms with van der Waals surface area (Å²) in [5, 5.41) is 16.4. The second-order valence-electron chi connectivity index (χ2n) is 3.51. The lowest BCUT2D eigenvalue weighted by Gasteiger charge is -2.10. The maximum absolute atomic E-state index is 8.91. The van der Waals surface area contributed by atoms with Crippen LogP contribution in [-0.4, -0.2) is 58.6 Å². The van der Waals surface area contributed by atoms with Crippen molar-refractivity contribution >= 4 is 0 Å². The Bertz CT molecular complexity index is 275. The van der Waals surface area contributed by atoms with Gasteiger partial charge in [0.2, 0.25) is 0 Å². The summed E-state index contributed by atoms with van der Waals surface area (Å²) in [7, 11) is 4.01. The lowest BCUT2D eigenvalue weighted by Crippen LogP contribution is -2.19. The average molecular weight is 214 g/mol. The van der Waals surface area contributed by atoms with Crippen LogP contribution in [0, 0.1) is 0 Å². The molecule has 0 fully saturated rings. The summed E-state index contributed by atoms with van der Waals surface area (Å²) in [5.74, 6) is 0.575. The van der Waals surface area contributed by atoms with Gasteiger partial charge in [-0.25, -0.2) is 0 Å². The van der Waals surface area contributed by atoms with Crippen molar-refractivity contribution in [2.75, 3.05) is 33.9 Å². The zero-order valence-electron chi connectivity index (χ0n) is 9.26. The van der Waals surface area contributed by atoms with Gasteiger partial charge in [0.15, 0.2) is 5.82 Å². The maximum Gasteiger partial charge on any atom is 0.158 e. The Morgan fingerprint density at radius 3 is 2.93 bits per heavy atom. The minimum atomic E-state index is -0.0856. The van der Waals surface area contributed by atoms with Gasteiger partial charge in [-0.2, -0.15) is 0 Å². The van der Waals surface area contributed by atoms with E-state index in [1.807, 2.05) is 14.1 Å². The lowest BCUT2D eigenvalue weighted by atomic mass is 10.5. The van der Waals surface area contributed by atoms with Crippen molar-refractivity contribution in [2.24, 2.45) is 0 Å². The van der Waals surface area contributed by atoms with E-state index in [1.165, 1.54) is 0 Å². The predicted octanol–water partition coefficient (Wildman–Crippen LogP) is -0.651. The highest BCUT2D eigenvalue weighted by Crippen LogP contribution is 1.94. The van der Waals surface area contributed by atoms with E-state index < -0.39 is 0 Å². The Morgan fingerprint density at radius 2 is 2.27 bits per heavy atom. The van der Waals surface area contributed by atoms with E-state index in [0.29, 0.717) is 25.6 Å². The molecule has 15 heavy (non-hydrogen) atoms. The van der Waals surface area contributed by atoms with E-state index in [9.17, 15) is 0 Å². The predicted molar refractivity (Wildman–Crippen MR) is 55.3 cm³/mol. The van der Waals surface area contributed by atoms with E-state index in [0.717, 1.165) is 6.54 Å². The Morgan fingerprint density at radius 1 is 1.47 bits per heavy atom. The second-order valence-corrected chi connectivity index (χ2v) is 3.51. The minimum absolute atomic E-state index is 0.0856. The van der Waals surface area contributed by atoms with Crippen LogP contribution in [0.5, 0.6) is 0 Å². The Hall–Kier alpha value is -0.980. The minimum Gasteiger partial charge on any atom is -0.388 e.